The first-order valence-corrected chi connectivity index (χ1v) is 16.5. The van der Waals surface area contributed by atoms with Crippen molar-refractivity contribution in [1.82, 2.24) is 0 Å². The molecule has 0 bridgehead atoms. The van der Waals surface area contributed by atoms with Crippen LogP contribution in [0.3, 0.4) is 0 Å². The van der Waals surface area contributed by atoms with Gasteiger partial charge < -0.3 is 14.6 Å². The van der Waals surface area contributed by atoms with Crippen molar-refractivity contribution in [3.8, 4) is 0 Å². The topological polar surface area (TPSA) is 38.7 Å². The molecule has 0 radical (unpaired) electrons. The van der Waals surface area contributed by atoms with E-state index >= 15 is 0 Å². The van der Waals surface area contributed by atoms with E-state index < -0.39 is 0 Å². The van der Waals surface area contributed by atoms with E-state index in [0.717, 1.165) is 31.4 Å². The van der Waals surface area contributed by atoms with Crippen LogP contribution in [0.25, 0.3) is 0 Å². The van der Waals surface area contributed by atoms with Crippen LogP contribution in [-0.2, 0) is 9.47 Å². The van der Waals surface area contributed by atoms with Crippen molar-refractivity contribution in [2.45, 2.75) is 125 Å². The van der Waals surface area contributed by atoms with E-state index in [2.05, 4.69) is 84.9 Å². The van der Waals surface area contributed by atoms with Crippen LogP contribution in [0.1, 0.15) is 118 Å². The van der Waals surface area contributed by atoms with Crippen LogP contribution in [0.2, 0.25) is 0 Å². The molecular formula is C37H54O3. The molecule has 4 saturated carbocycles. The van der Waals surface area contributed by atoms with Crippen molar-refractivity contribution < 1.29 is 14.6 Å². The molecule has 5 aliphatic carbocycles. The van der Waals surface area contributed by atoms with Crippen LogP contribution in [0.15, 0.2) is 42.0 Å². The maximum absolute atomic E-state index is 11.4. The molecule has 6 aliphatic rings. The van der Waals surface area contributed by atoms with Gasteiger partial charge in [-0.05, 0) is 97.2 Å². The van der Waals surface area contributed by atoms with Crippen LogP contribution in [-0.4, -0.2) is 23.9 Å². The lowest BCUT2D eigenvalue weighted by Gasteiger charge is -2.72. The Morgan fingerprint density at radius 2 is 1.52 bits per heavy atom. The van der Waals surface area contributed by atoms with Crippen LogP contribution < -0.4 is 0 Å². The molecular weight excluding hydrogens is 492 g/mol. The highest BCUT2D eigenvalue weighted by Gasteiger charge is 2.69. The average molecular weight is 547 g/mol. The van der Waals surface area contributed by atoms with Gasteiger partial charge in [0.2, 0.25) is 0 Å². The van der Waals surface area contributed by atoms with Gasteiger partial charge in [0.1, 0.15) is 0 Å². The maximum Gasteiger partial charge on any atom is 0.184 e. The van der Waals surface area contributed by atoms with E-state index in [-0.39, 0.29) is 40.2 Å². The fraction of sp³-hybridized carbons (Fsp3) is 0.784. The first-order valence-electron chi connectivity index (χ1n) is 16.5. The smallest absolute Gasteiger partial charge is 0.184 e. The molecule has 40 heavy (non-hydrogen) atoms. The minimum atomic E-state index is -0.233. The molecule has 1 aromatic rings. The van der Waals surface area contributed by atoms with Gasteiger partial charge in [-0.3, -0.25) is 0 Å². The molecule has 220 valence electrons. The highest BCUT2D eigenvalue weighted by atomic mass is 16.7. The number of hydrogen-bond acceptors (Lipinski definition) is 3. The summed E-state index contributed by atoms with van der Waals surface area (Å²) in [5.41, 5.74) is 3.98. The lowest BCUT2D eigenvalue weighted by Crippen LogP contribution is -2.67. The third-order valence-electron chi connectivity index (χ3n) is 14.8. The first kappa shape index (κ1) is 27.7. The van der Waals surface area contributed by atoms with Gasteiger partial charge in [-0.1, -0.05) is 90.4 Å². The number of aliphatic hydroxyl groups excluding tert-OH is 1. The molecule has 0 spiro atoms. The van der Waals surface area contributed by atoms with Crippen molar-refractivity contribution in [2.75, 3.05) is 6.61 Å². The fourth-order valence-electron chi connectivity index (χ4n) is 12.1. The minimum absolute atomic E-state index is 0.0305. The molecule has 0 aromatic heterocycles. The number of aliphatic hydroxyl groups is 1. The molecule has 1 N–H and O–H groups in total. The monoisotopic (exact) mass is 546 g/mol. The zero-order chi connectivity index (χ0) is 28.3. The van der Waals surface area contributed by atoms with Gasteiger partial charge in [0.15, 0.2) is 6.29 Å². The Kier molecular flexibility index (Phi) is 6.01. The summed E-state index contributed by atoms with van der Waals surface area (Å²) in [6, 6.07) is 10.5. The number of rotatable bonds is 1. The molecule has 1 aliphatic heterocycles. The van der Waals surface area contributed by atoms with Crippen LogP contribution >= 0.6 is 0 Å². The summed E-state index contributed by atoms with van der Waals surface area (Å²) < 4.78 is 13.3. The third kappa shape index (κ3) is 3.53. The summed E-state index contributed by atoms with van der Waals surface area (Å²) in [7, 11) is 0. The normalized spacial score (nSPS) is 53.1. The molecule has 11 atom stereocenters. The lowest BCUT2D eigenvalue weighted by molar-refractivity contribution is -0.318. The third-order valence-corrected chi connectivity index (χ3v) is 14.8. The Labute approximate surface area is 243 Å². The van der Waals surface area contributed by atoms with Gasteiger partial charge in [0.25, 0.3) is 0 Å². The van der Waals surface area contributed by atoms with E-state index in [4.69, 9.17) is 9.47 Å². The molecule has 3 nitrogen and oxygen atoms in total. The van der Waals surface area contributed by atoms with E-state index in [1.54, 1.807) is 5.57 Å². The summed E-state index contributed by atoms with van der Waals surface area (Å²) >= 11 is 0. The van der Waals surface area contributed by atoms with E-state index in [9.17, 15) is 5.11 Å². The summed E-state index contributed by atoms with van der Waals surface area (Å²) in [4.78, 5) is 0. The molecule has 7 rings (SSSR count). The molecule has 1 heterocycles. The Morgan fingerprint density at radius 1 is 0.775 bits per heavy atom. The number of ether oxygens (including phenoxy) is 2. The van der Waals surface area contributed by atoms with Gasteiger partial charge in [-0.25, -0.2) is 0 Å². The second-order valence-corrected chi connectivity index (χ2v) is 17.2. The maximum atomic E-state index is 11.4. The summed E-state index contributed by atoms with van der Waals surface area (Å²) in [6.07, 6.45) is 13.3. The van der Waals surface area contributed by atoms with E-state index in [0.29, 0.717) is 28.6 Å². The number of benzene rings is 1. The number of hydrogen-bond donors (Lipinski definition) is 1. The number of fused-ring (bicyclic) bond motifs is 9. The summed E-state index contributed by atoms with van der Waals surface area (Å²) in [5, 5.41) is 11.4. The van der Waals surface area contributed by atoms with Gasteiger partial charge >= 0.3 is 0 Å². The average Bonchev–Trinajstić information content (AvgIpc) is 2.90. The second-order valence-electron chi connectivity index (χ2n) is 17.2. The largest absolute Gasteiger partial charge is 0.393 e. The first-order chi connectivity index (χ1) is 18.8. The Morgan fingerprint density at radius 3 is 2.27 bits per heavy atom. The van der Waals surface area contributed by atoms with Crippen LogP contribution in [0.4, 0.5) is 0 Å². The van der Waals surface area contributed by atoms with Gasteiger partial charge in [0.05, 0.1) is 18.8 Å². The quantitative estimate of drug-likeness (QED) is 0.358. The van der Waals surface area contributed by atoms with Crippen LogP contribution in [0.5, 0.6) is 0 Å². The van der Waals surface area contributed by atoms with Crippen molar-refractivity contribution >= 4 is 0 Å². The van der Waals surface area contributed by atoms with Crippen molar-refractivity contribution in [3.05, 3.63) is 47.5 Å². The summed E-state index contributed by atoms with van der Waals surface area (Å²) in [5.74, 6) is 1.82. The standard InChI is InChI=1S/C37H54O3/c1-32(2)21-26-25-13-14-28-34(4)17-16-30-35(5,23-39-31(40-30)24-11-9-8-10-12-24)27(34)15-18-37(28,7)36(25,6)20-19-33(26,3)29(38)22-32/h8-13,26-31,38H,14-23H2,1-7H3/t26-,27?,28-,29-,30?,31?,33-,34+,35+,36-,37-/m1/s1. The fourth-order valence-corrected chi connectivity index (χ4v) is 12.1. The molecule has 0 amide bonds. The van der Waals surface area contributed by atoms with Gasteiger partial charge in [0, 0.05) is 16.4 Å². The lowest BCUT2D eigenvalue weighted by atomic mass is 9.33. The zero-order valence-electron chi connectivity index (χ0n) is 26.3. The number of allylic oxidation sites excluding steroid dienone is 2. The molecule has 3 unspecified atom stereocenters. The van der Waals surface area contributed by atoms with Crippen molar-refractivity contribution in [3.63, 3.8) is 0 Å². The second kappa shape index (κ2) is 8.70. The van der Waals surface area contributed by atoms with Gasteiger partial charge in [-0.15, -0.1) is 0 Å². The van der Waals surface area contributed by atoms with Crippen molar-refractivity contribution in [2.24, 2.45) is 50.2 Å². The highest BCUT2D eigenvalue weighted by molar-refractivity contribution is 5.34. The summed E-state index contributed by atoms with van der Waals surface area (Å²) in [6.45, 7) is 18.5. The Bertz CT molecular complexity index is 1190. The highest BCUT2D eigenvalue weighted by Crippen LogP contribution is 2.76. The Hall–Kier alpha value is -1.16. The molecule has 3 heteroatoms. The predicted molar refractivity (Wildman–Crippen MR) is 160 cm³/mol. The molecule has 1 saturated heterocycles. The molecule has 5 fully saturated rings. The Balaban J connectivity index is 1.21. The van der Waals surface area contributed by atoms with E-state index in [1.165, 1.54) is 38.5 Å². The molecule has 1 aromatic carbocycles. The van der Waals surface area contributed by atoms with Crippen LogP contribution in [0, 0.1) is 50.2 Å². The predicted octanol–water partition coefficient (Wildman–Crippen LogP) is 8.87. The van der Waals surface area contributed by atoms with Gasteiger partial charge in [-0.2, -0.15) is 0 Å². The van der Waals surface area contributed by atoms with E-state index in [1.807, 2.05) is 0 Å². The van der Waals surface area contributed by atoms with Crippen molar-refractivity contribution in [1.29, 1.82) is 0 Å². The minimum Gasteiger partial charge on any atom is -0.393 e. The zero-order valence-corrected chi connectivity index (χ0v) is 26.3. The SMILES string of the molecule is CC1(C)C[C@@H](O)[C@]2(C)CC[C@]3(C)C(=CC[C@@H]4[C@@]5(C)CCC6OC(c7ccccc7)OC[C@@]6(C)C5CC[C@]43C)[C@H]2C1.